The number of hydrogen-bond acceptors (Lipinski definition) is 4. The van der Waals surface area contributed by atoms with E-state index in [2.05, 4.69) is 21.0 Å². The highest BCUT2D eigenvalue weighted by Crippen LogP contribution is 2.26. The largest absolute Gasteiger partial charge is 0.497 e. The van der Waals surface area contributed by atoms with Crippen LogP contribution in [0.15, 0.2) is 65.3 Å². The van der Waals surface area contributed by atoms with E-state index in [0.29, 0.717) is 17.0 Å². The number of carboxylic acids is 1. The molecule has 0 radical (unpaired) electrons. The summed E-state index contributed by atoms with van der Waals surface area (Å²) < 4.78 is 7.60. The minimum Gasteiger partial charge on any atom is -0.497 e. The van der Waals surface area contributed by atoms with Crippen LogP contribution in [-0.4, -0.2) is 33.7 Å². The van der Waals surface area contributed by atoms with Crippen molar-refractivity contribution in [2.75, 3.05) is 7.11 Å². The molecule has 1 aromatic heterocycles. The van der Waals surface area contributed by atoms with Gasteiger partial charge in [0, 0.05) is 27.4 Å². The Kier molecular flexibility index (Phi) is 6.61. The maximum absolute atomic E-state index is 12.5. The fourth-order valence-electron chi connectivity index (χ4n) is 2.76. The molecule has 7 heteroatoms. The number of carbonyl (C=O) groups excluding carboxylic acids is 1. The molecule has 148 valence electrons. The highest BCUT2D eigenvalue weighted by molar-refractivity contribution is 9.10. The molecular formula is C22H19BrN2O4. The number of aromatic nitrogens is 2. The Morgan fingerprint density at radius 1 is 1.21 bits per heavy atom. The number of ketones is 1. The number of halogens is 1. The van der Waals surface area contributed by atoms with E-state index >= 15 is 0 Å². The van der Waals surface area contributed by atoms with Crippen LogP contribution in [0.3, 0.4) is 0 Å². The Morgan fingerprint density at radius 3 is 2.62 bits per heavy atom. The van der Waals surface area contributed by atoms with Crippen molar-refractivity contribution in [1.82, 2.24) is 9.78 Å². The molecule has 6 nitrogen and oxygen atoms in total. The molecule has 0 spiro atoms. The maximum atomic E-state index is 12.5. The van der Waals surface area contributed by atoms with E-state index in [0.717, 1.165) is 15.6 Å². The molecule has 3 aromatic rings. The monoisotopic (exact) mass is 454 g/mol. The Balaban J connectivity index is 1.90. The number of nitrogens with zero attached hydrogens (tertiary/aromatic N) is 2. The van der Waals surface area contributed by atoms with E-state index in [1.807, 2.05) is 24.3 Å². The number of hydrogen-bond donors (Lipinski definition) is 1. The van der Waals surface area contributed by atoms with Gasteiger partial charge in [-0.3, -0.25) is 14.3 Å². The minimum atomic E-state index is -0.892. The Morgan fingerprint density at radius 2 is 1.97 bits per heavy atom. The van der Waals surface area contributed by atoms with Crippen molar-refractivity contribution in [1.29, 1.82) is 0 Å². The Hall–Kier alpha value is -3.19. The maximum Gasteiger partial charge on any atom is 0.305 e. The van der Waals surface area contributed by atoms with Crippen molar-refractivity contribution in [3.8, 4) is 17.0 Å². The summed E-state index contributed by atoms with van der Waals surface area (Å²) >= 11 is 3.45. The Labute approximate surface area is 176 Å². The summed E-state index contributed by atoms with van der Waals surface area (Å²) in [5, 5.41) is 13.4. The summed E-state index contributed by atoms with van der Waals surface area (Å²) in [6.45, 7) is 0.247. The van der Waals surface area contributed by atoms with E-state index in [-0.39, 0.29) is 18.7 Å². The molecule has 0 aliphatic heterocycles. The molecular weight excluding hydrogens is 436 g/mol. The normalized spacial score (nSPS) is 11.0. The van der Waals surface area contributed by atoms with Gasteiger partial charge in [-0.1, -0.05) is 28.1 Å². The number of methoxy groups -OCH3 is 1. The van der Waals surface area contributed by atoms with Gasteiger partial charge >= 0.3 is 5.97 Å². The van der Waals surface area contributed by atoms with Gasteiger partial charge in [-0.05, 0) is 48.6 Å². The zero-order valence-electron chi connectivity index (χ0n) is 15.7. The molecule has 1 heterocycles. The van der Waals surface area contributed by atoms with Gasteiger partial charge in [-0.2, -0.15) is 5.10 Å². The van der Waals surface area contributed by atoms with Crippen LogP contribution in [0, 0.1) is 0 Å². The lowest BCUT2D eigenvalue weighted by atomic mass is 10.1. The fraction of sp³-hybridized carbons (Fsp3) is 0.136. The van der Waals surface area contributed by atoms with Gasteiger partial charge in [0.2, 0.25) is 0 Å². The van der Waals surface area contributed by atoms with Crippen LogP contribution in [0.25, 0.3) is 17.3 Å². The summed E-state index contributed by atoms with van der Waals surface area (Å²) in [4.78, 5) is 23.4. The standard InChI is InChI=1S/C22H19BrN2O4/c1-29-19-8-5-15(6-9-19)20(26)10-7-17-14-25(12-11-21(27)28)24-22(17)16-3-2-4-18(23)13-16/h2-10,13-14H,11-12H2,1H3,(H,27,28)/b10-7+. The number of ether oxygens (including phenoxy) is 1. The lowest BCUT2D eigenvalue weighted by Gasteiger charge is -2.01. The number of carbonyl (C=O) groups is 2. The van der Waals surface area contributed by atoms with Crippen molar-refractivity contribution in [3.63, 3.8) is 0 Å². The topological polar surface area (TPSA) is 81.4 Å². The minimum absolute atomic E-state index is 0.0342. The van der Waals surface area contributed by atoms with Crippen molar-refractivity contribution in [2.45, 2.75) is 13.0 Å². The zero-order valence-corrected chi connectivity index (χ0v) is 17.3. The van der Waals surface area contributed by atoms with Crippen molar-refractivity contribution < 1.29 is 19.4 Å². The molecule has 3 rings (SSSR count). The molecule has 1 N–H and O–H groups in total. The van der Waals surface area contributed by atoms with E-state index in [1.54, 1.807) is 48.3 Å². The van der Waals surface area contributed by atoms with Crippen molar-refractivity contribution in [3.05, 3.63) is 76.4 Å². The third kappa shape index (κ3) is 5.42. The average molecular weight is 455 g/mol. The van der Waals surface area contributed by atoms with Crippen LogP contribution >= 0.6 is 15.9 Å². The third-order valence-corrected chi connectivity index (χ3v) is 4.72. The molecule has 29 heavy (non-hydrogen) atoms. The number of benzene rings is 2. The second-order valence-electron chi connectivity index (χ2n) is 6.28. The number of aliphatic carboxylic acids is 1. The molecule has 0 saturated carbocycles. The molecule has 2 aromatic carbocycles. The van der Waals surface area contributed by atoms with Gasteiger partial charge in [0.15, 0.2) is 5.78 Å². The number of allylic oxidation sites excluding steroid dienone is 1. The van der Waals surface area contributed by atoms with Crippen molar-refractivity contribution in [2.24, 2.45) is 0 Å². The van der Waals surface area contributed by atoms with Crippen LogP contribution < -0.4 is 4.74 Å². The summed E-state index contributed by atoms with van der Waals surface area (Å²) in [6, 6.07) is 14.5. The lowest BCUT2D eigenvalue weighted by Crippen LogP contribution is -2.04. The SMILES string of the molecule is COc1ccc(C(=O)/C=C/c2cn(CCC(=O)O)nc2-c2cccc(Br)c2)cc1. The van der Waals surface area contributed by atoms with E-state index in [1.165, 1.54) is 6.08 Å². The highest BCUT2D eigenvalue weighted by Gasteiger charge is 2.11. The highest BCUT2D eigenvalue weighted by atomic mass is 79.9. The van der Waals surface area contributed by atoms with Gasteiger partial charge in [-0.25, -0.2) is 0 Å². The average Bonchev–Trinajstić information content (AvgIpc) is 3.14. The molecule has 0 aliphatic carbocycles. The summed E-state index contributed by atoms with van der Waals surface area (Å²) in [7, 11) is 1.57. The van der Waals surface area contributed by atoms with Crippen LogP contribution in [-0.2, 0) is 11.3 Å². The molecule has 0 saturated heterocycles. The first-order valence-electron chi connectivity index (χ1n) is 8.88. The predicted molar refractivity (Wildman–Crippen MR) is 114 cm³/mol. The first kappa shape index (κ1) is 20.5. The number of rotatable bonds is 8. The van der Waals surface area contributed by atoms with E-state index in [4.69, 9.17) is 9.84 Å². The second-order valence-corrected chi connectivity index (χ2v) is 7.19. The quantitative estimate of drug-likeness (QED) is 0.394. The summed E-state index contributed by atoms with van der Waals surface area (Å²) in [5.41, 5.74) is 2.82. The molecule has 0 atom stereocenters. The van der Waals surface area contributed by atoms with Gasteiger partial charge in [0.1, 0.15) is 5.75 Å². The molecule has 0 amide bonds. The third-order valence-electron chi connectivity index (χ3n) is 4.23. The first-order valence-corrected chi connectivity index (χ1v) is 9.67. The summed E-state index contributed by atoms with van der Waals surface area (Å²) in [5.74, 6) is -0.357. The summed E-state index contributed by atoms with van der Waals surface area (Å²) in [6.07, 6.45) is 4.90. The van der Waals surface area contributed by atoms with Gasteiger partial charge in [0.25, 0.3) is 0 Å². The predicted octanol–water partition coefficient (Wildman–Crippen LogP) is 4.69. The van der Waals surface area contributed by atoms with Gasteiger partial charge in [-0.15, -0.1) is 0 Å². The smallest absolute Gasteiger partial charge is 0.305 e. The van der Waals surface area contributed by atoms with Crippen LogP contribution in [0.2, 0.25) is 0 Å². The van der Waals surface area contributed by atoms with Crippen molar-refractivity contribution >= 4 is 33.8 Å². The number of aryl methyl sites for hydroxylation is 1. The molecule has 0 fully saturated rings. The van der Waals surface area contributed by atoms with Crippen LogP contribution in [0.1, 0.15) is 22.3 Å². The fourth-order valence-corrected chi connectivity index (χ4v) is 3.16. The van der Waals surface area contributed by atoms with E-state index in [9.17, 15) is 9.59 Å². The zero-order chi connectivity index (χ0) is 20.8. The van der Waals surface area contributed by atoms with Gasteiger partial charge in [0.05, 0.1) is 25.8 Å². The lowest BCUT2D eigenvalue weighted by molar-refractivity contribution is -0.137. The number of carboxylic acid groups (broad SMARTS) is 1. The van der Waals surface area contributed by atoms with Gasteiger partial charge < -0.3 is 9.84 Å². The van der Waals surface area contributed by atoms with E-state index < -0.39 is 5.97 Å². The van der Waals surface area contributed by atoms with Crippen LogP contribution in [0.5, 0.6) is 5.75 Å². The Bertz CT molecular complexity index is 1050. The second kappa shape index (κ2) is 9.34. The van der Waals surface area contributed by atoms with Crippen LogP contribution in [0.4, 0.5) is 0 Å². The molecule has 0 bridgehead atoms. The molecule has 0 aliphatic rings. The molecule has 0 unspecified atom stereocenters. The first-order chi connectivity index (χ1) is 14.0.